The molecule has 4 aromatic carbocycles. The first-order valence-corrected chi connectivity index (χ1v) is 18.1. The predicted octanol–water partition coefficient (Wildman–Crippen LogP) is 8.18. The zero-order valence-electron chi connectivity index (χ0n) is 29.6. The number of ether oxygens (including phenoxy) is 2. The Labute approximate surface area is 307 Å². The number of hydrogen-bond donors (Lipinski definition) is 1. The van der Waals surface area contributed by atoms with E-state index in [1.54, 1.807) is 113 Å². The number of ketones is 2. The number of amides is 1. The van der Waals surface area contributed by atoms with E-state index in [0.717, 1.165) is 0 Å². The van der Waals surface area contributed by atoms with Gasteiger partial charge in [-0.15, -0.1) is 0 Å². The van der Waals surface area contributed by atoms with Crippen molar-refractivity contribution < 1.29 is 32.3 Å². The molecule has 0 fully saturated rings. The SMILES string of the molecule is Cc1cccc(S(=O)(=O)NC(=O)c2ccc(Oc3c(C)cc(C(=O)c4ccccc4)cc3C)nc2Oc2c(C)cc(C(=O)c3ccccc3)cc2C)n1. The largest absolute Gasteiger partial charge is 0.438 e. The van der Waals surface area contributed by atoms with Crippen LogP contribution in [0.3, 0.4) is 0 Å². The summed E-state index contributed by atoms with van der Waals surface area (Å²) in [5.41, 5.74) is 4.75. The van der Waals surface area contributed by atoms with Gasteiger partial charge in [-0.2, -0.15) is 13.4 Å². The molecular formula is C42H35N3O7S. The molecule has 0 aliphatic heterocycles. The van der Waals surface area contributed by atoms with Gasteiger partial charge in [-0.05, 0) is 99.3 Å². The fraction of sp³-hybridized carbons (Fsp3) is 0.119. The van der Waals surface area contributed by atoms with E-state index in [4.69, 9.17) is 9.47 Å². The van der Waals surface area contributed by atoms with Crippen molar-refractivity contribution in [3.05, 3.63) is 171 Å². The molecule has 0 bridgehead atoms. The minimum atomic E-state index is -4.37. The first kappa shape index (κ1) is 36.3. The van der Waals surface area contributed by atoms with E-state index in [1.807, 2.05) is 12.1 Å². The zero-order chi connectivity index (χ0) is 37.9. The van der Waals surface area contributed by atoms with E-state index in [9.17, 15) is 22.8 Å². The summed E-state index contributed by atoms with van der Waals surface area (Å²) >= 11 is 0. The lowest BCUT2D eigenvalue weighted by atomic mass is 9.98. The molecule has 11 heteroatoms. The normalized spacial score (nSPS) is 11.1. The molecule has 6 rings (SSSR count). The Kier molecular flexibility index (Phi) is 10.3. The quantitative estimate of drug-likeness (QED) is 0.131. The summed E-state index contributed by atoms with van der Waals surface area (Å²) in [6.45, 7) is 8.75. The van der Waals surface area contributed by atoms with Gasteiger partial charge in [0.05, 0.1) is 0 Å². The Hall–Kier alpha value is -6.46. The van der Waals surface area contributed by atoms with Crippen LogP contribution in [0.25, 0.3) is 0 Å². The van der Waals surface area contributed by atoms with Crippen LogP contribution in [0.5, 0.6) is 23.3 Å². The molecule has 1 amide bonds. The Morgan fingerprint density at radius 2 is 1.04 bits per heavy atom. The highest BCUT2D eigenvalue weighted by Gasteiger charge is 2.26. The average molecular weight is 726 g/mol. The number of carbonyl (C=O) groups is 3. The number of carbonyl (C=O) groups excluding carboxylic acids is 3. The minimum Gasteiger partial charge on any atom is -0.438 e. The third-order valence-corrected chi connectivity index (χ3v) is 9.60. The number of pyridine rings is 2. The molecule has 6 aromatic rings. The number of nitrogens with one attached hydrogen (secondary N) is 1. The molecule has 0 atom stereocenters. The maximum atomic E-state index is 13.6. The number of hydrogen-bond acceptors (Lipinski definition) is 9. The lowest BCUT2D eigenvalue weighted by molar-refractivity contribution is 0.0976. The average Bonchev–Trinajstić information content (AvgIpc) is 3.14. The van der Waals surface area contributed by atoms with Gasteiger partial charge in [0.25, 0.3) is 15.9 Å². The summed E-state index contributed by atoms with van der Waals surface area (Å²) in [5.74, 6) is -0.766. The molecule has 0 unspecified atom stereocenters. The number of sulfonamides is 1. The summed E-state index contributed by atoms with van der Waals surface area (Å²) in [4.78, 5) is 48.6. The number of rotatable bonds is 11. The fourth-order valence-electron chi connectivity index (χ4n) is 5.83. The van der Waals surface area contributed by atoms with Crippen LogP contribution in [0.4, 0.5) is 0 Å². The highest BCUT2D eigenvalue weighted by Crippen LogP contribution is 2.35. The lowest BCUT2D eigenvalue weighted by Gasteiger charge is -2.17. The molecule has 0 radical (unpaired) electrons. The Morgan fingerprint density at radius 3 is 1.53 bits per heavy atom. The van der Waals surface area contributed by atoms with Crippen LogP contribution in [0.15, 0.2) is 120 Å². The molecule has 0 aliphatic carbocycles. The van der Waals surface area contributed by atoms with E-state index in [2.05, 4.69) is 14.7 Å². The molecular weight excluding hydrogens is 691 g/mol. The maximum Gasteiger partial charge on any atom is 0.281 e. The van der Waals surface area contributed by atoms with Crippen LogP contribution in [0.1, 0.15) is 70.1 Å². The van der Waals surface area contributed by atoms with Gasteiger partial charge in [0.15, 0.2) is 16.6 Å². The third-order valence-electron chi connectivity index (χ3n) is 8.37. The molecule has 2 aromatic heterocycles. The first-order valence-electron chi connectivity index (χ1n) is 16.6. The first-order chi connectivity index (χ1) is 25.3. The van der Waals surface area contributed by atoms with Gasteiger partial charge in [0.2, 0.25) is 11.8 Å². The van der Waals surface area contributed by atoms with Crippen molar-refractivity contribution in [2.75, 3.05) is 0 Å². The molecule has 0 spiro atoms. The Bertz CT molecular complexity index is 2450. The number of benzene rings is 4. The van der Waals surface area contributed by atoms with Crippen molar-refractivity contribution in [2.45, 2.75) is 39.6 Å². The highest BCUT2D eigenvalue weighted by molar-refractivity contribution is 7.90. The molecule has 53 heavy (non-hydrogen) atoms. The van der Waals surface area contributed by atoms with Gasteiger partial charge in [0, 0.05) is 34.0 Å². The molecule has 0 saturated carbocycles. The van der Waals surface area contributed by atoms with Crippen LogP contribution in [0, 0.1) is 34.6 Å². The molecule has 10 nitrogen and oxygen atoms in total. The summed E-state index contributed by atoms with van der Waals surface area (Å²) in [6.07, 6.45) is 0. The van der Waals surface area contributed by atoms with Gasteiger partial charge in [0.1, 0.15) is 17.1 Å². The van der Waals surface area contributed by atoms with Crippen molar-refractivity contribution in [3.8, 4) is 23.3 Å². The van der Waals surface area contributed by atoms with Gasteiger partial charge in [-0.3, -0.25) is 14.4 Å². The van der Waals surface area contributed by atoms with Crippen molar-refractivity contribution in [1.82, 2.24) is 14.7 Å². The lowest BCUT2D eigenvalue weighted by Crippen LogP contribution is -2.31. The Balaban J connectivity index is 1.36. The van der Waals surface area contributed by atoms with Crippen LogP contribution < -0.4 is 14.2 Å². The Morgan fingerprint density at radius 1 is 0.547 bits per heavy atom. The summed E-state index contributed by atoms with van der Waals surface area (Å²) in [5, 5.41) is -0.327. The second-order valence-corrected chi connectivity index (χ2v) is 14.2. The number of aromatic nitrogens is 2. The number of aryl methyl sites for hydroxylation is 5. The van der Waals surface area contributed by atoms with E-state index in [0.29, 0.717) is 61.7 Å². The summed E-state index contributed by atoms with van der Waals surface area (Å²) in [7, 11) is -4.37. The van der Waals surface area contributed by atoms with E-state index >= 15 is 0 Å². The highest BCUT2D eigenvalue weighted by atomic mass is 32.2. The third kappa shape index (κ3) is 8.05. The summed E-state index contributed by atoms with van der Waals surface area (Å²) < 4.78 is 40.9. The smallest absolute Gasteiger partial charge is 0.281 e. The van der Waals surface area contributed by atoms with Crippen molar-refractivity contribution in [3.63, 3.8) is 0 Å². The van der Waals surface area contributed by atoms with Crippen molar-refractivity contribution >= 4 is 27.5 Å². The van der Waals surface area contributed by atoms with Crippen LogP contribution >= 0.6 is 0 Å². The second kappa shape index (κ2) is 15.0. The van der Waals surface area contributed by atoms with Gasteiger partial charge < -0.3 is 9.47 Å². The molecule has 0 saturated heterocycles. The van der Waals surface area contributed by atoms with Gasteiger partial charge >= 0.3 is 0 Å². The molecule has 0 aliphatic rings. The van der Waals surface area contributed by atoms with Crippen LogP contribution in [0.2, 0.25) is 0 Å². The molecule has 266 valence electrons. The van der Waals surface area contributed by atoms with Gasteiger partial charge in [-0.25, -0.2) is 9.71 Å². The monoisotopic (exact) mass is 725 g/mol. The number of nitrogens with zero attached hydrogens (tertiary/aromatic N) is 2. The van der Waals surface area contributed by atoms with E-state index < -0.39 is 15.9 Å². The van der Waals surface area contributed by atoms with Gasteiger partial charge in [-0.1, -0.05) is 66.7 Å². The molecule has 1 N–H and O–H groups in total. The predicted molar refractivity (Wildman–Crippen MR) is 200 cm³/mol. The van der Waals surface area contributed by atoms with Crippen LogP contribution in [-0.2, 0) is 10.0 Å². The fourth-order valence-corrected chi connectivity index (χ4v) is 6.81. The summed E-state index contributed by atoms with van der Waals surface area (Å²) in [6, 6.07) is 31.8. The van der Waals surface area contributed by atoms with Crippen molar-refractivity contribution in [1.29, 1.82) is 0 Å². The van der Waals surface area contributed by atoms with E-state index in [-0.39, 0.29) is 33.9 Å². The molecule has 2 heterocycles. The minimum absolute atomic E-state index is 0.0410. The van der Waals surface area contributed by atoms with Crippen molar-refractivity contribution in [2.24, 2.45) is 0 Å². The maximum absolute atomic E-state index is 13.6. The van der Waals surface area contributed by atoms with E-state index in [1.165, 1.54) is 24.3 Å². The van der Waals surface area contributed by atoms with Crippen LogP contribution in [-0.4, -0.2) is 35.9 Å². The second-order valence-electron chi connectivity index (χ2n) is 12.5. The zero-order valence-corrected chi connectivity index (χ0v) is 30.4. The standard InChI is InChI=1S/C42H35N3O7S/c1-25-21-32(37(46)30-14-8-6-9-15-30)22-26(2)39(25)51-35-20-19-34(41(48)45-53(49,50)36-18-12-13-29(5)43-36)42(44-35)52-40-27(3)23-33(24-28(40)4)38(47)31-16-10-7-11-17-31/h6-24H,1-5H3,(H,45,48). The topological polar surface area (TPSA) is 142 Å².